The molecule has 1 saturated heterocycles. The molecule has 3 rings (SSSR count). The third kappa shape index (κ3) is 5.43. The highest BCUT2D eigenvalue weighted by atomic mass is 32.2. The Morgan fingerprint density at radius 3 is 2.24 bits per heavy atom. The number of hydrogen-bond acceptors (Lipinski definition) is 3. The van der Waals surface area contributed by atoms with E-state index in [0.717, 1.165) is 44.2 Å². The van der Waals surface area contributed by atoms with Crippen molar-refractivity contribution in [2.75, 3.05) is 43.4 Å². The Hall–Kier alpha value is -2.14. The van der Waals surface area contributed by atoms with Gasteiger partial charge in [-0.15, -0.1) is 0 Å². The maximum atomic E-state index is 12.3. The van der Waals surface area contributed by atoms with Crippen molar-refractivity contribution in [1.29, 1.82) is 0 Å². The molecule has 1 fully saturated rings. The summed E-state index contributed by atoms with van der Waals surface area (Å²) < 4.78 is 0. The number of urea groups is 1. The van der Waals surface area contributed by atoms with Crippen molar-refractivity contribution in [3.05, 3.63) is 66.2 Å². The van der Waals surface area contributed by atoms with Crippen molar-refractivity contribution in [2.45, 2.75) is 5.75 Å². The fourth-order valence-electron chi connectivity index (χ4n) is 2.91. The van der Waals surface area contributed by atoms with Gasteiger partial charge >= 0.3 is 6.03 Å². The third-order valence-corrected chi connectivity index (χ3v) is 5.35. The van der Waals surface area contributed by atoms with Crippen LogP contribution < -0.4 is 10.2 Å². The van der Waals surface area contributed by atoms with Gasteiger partial charge in [0.1, 0.15) is 0 Å². The van der Waals surface area contributed by atoms with Crippen molar-refractivity contribution in [1.82, 2.24) is 10.2 Å². The monoisotopic (exact) mass is 355 g/mol. The molecule has 0 bridgehead atoms. The lowest BCUT2D eigenvalue weighted by Crippen LogP contribution is -2.52. The summed E-state index contributed by atoms with van der Waals surface area (Å²) in [5.41, 5.74) is 2.57. The number of nitrogens with zero attached hydrogens (tertiary/aromatic N) is 2. The summed E-state index contributed by atoms with van der Waals surface area (Å²) in [6.45, 7) is 4.05. The predicted octanol–water partition coefficient (Wildman–Crippen LogP) is 3.45. The molecule has 0 aliphatic carbocycles. The zero-order valence-corrected chi connectivity index (χ0v) is 15.3. The largest absolute Gasteiger partial charge is 0.368 e. The Bertz CT molecular complexity index is 643. The van der Waals surface area contributed by atoms with E-state index in [1.165, 1.54) is 11.3 Å². The van der Waals surface area contributed by atoms with E-state index in [0.29, 0.717) is 0 Å². The SMILES string of the molecule is O=C(NCCSCc1ccccc1)N1CCN(c2ccccc2)CC1. The normalized spacial score (nSPS) is 14.4. The molecule has 25 heavy (non-hydrogen) atoms. The van der Waals surface area contributed by atoms with E-state index in [-0.39, 0.29) is 6.03 Å². The maximum absolute atomic E-state index is 12.3. The first-order valence-electron chi connectivity index (χ1n) is 8.77. The molecule has 0 radical (unpaired) electrons. The minimum absolute atomic E-state index is 0.0630. The molecular formula is C20H25N3OS. The molecule has 2 aromatic carbocycles. The molecule has 1 aliphatic heterocycles. The number of hydrogen-bond donors (Lipinski definition) is 1. The molecule has 1 aliphatic rings. The van der Waals surface area contributed by atoms with Crippen LogP contribution in [0.15, 0.2) is 60.7 Å². The molecule has 4 nitrogen and oxygen atoms in total. The van der Waals surface area contributed by atoms with Gasteiger partial charge in [0.25, 0.3) is 0 Å². The average molecular weight is 356 g/mol. The molecule has 5 heteroatoms. The van der Waals surface area contributed by atoms with Crippen LogP contribution in [0.1, 0.15) is 5.56 Å². The highest BCUT2D eigenvalue weighted by Crippen LogP contribution is 2.15. The smallest absolute Gasteiger partial charge is 0.317 e. The molecule has 0 aromatic heterocycles. The molecular weight excluding hydrogens is 330 g/mol. The van der Waals surface area contributed by atoms with Crippen LogP contribution in [-0.2, 0) is 5.75 Å². The second kappa shape index (κ2) is 9.37. The lowest BCUT2D eigenvalue weighted by atomic mass is 10.2. The molecule has 132 valence electrons. The van der Waals surface area contributed by atoms with Crippen LogP contribution in [0.5, 0.6) is 0 Å². The molecule has 1 N–H and O–H groups in total. The molecule has 2 amide bonds. The topological polar surface area (TPSA) is 35.6 Å². The Kier molecular flexibility index (Phi) is 6.63. The number of piperazine rings is 1. The highest BCUT2D eigenvalue weighted by Gasteiger charge is 2.20. The van der Waals surface area contributed by atoms with Gasteiger partial charge in [-0.3, -0.25) is 0 Å². The summed E-state index contributed by atoms with van der Waals surface area (Å²) in [6, 6.07) is 20.9. The van der Waals surface area contributed by atoms with Gasteiger partial charge in [0, 0.05) is 49.9 Å². The summed E-state index contributed by atoms with van der Waals surface area (Å²) in [7, 11) is 0. The lowest BCUT2D eigenvalue weighted by molar-refractivity contribution is 0.195. The van der Waals surface area contributed by atoms with E-state index in [9.17, 15) is 4.79 Å². The van der Waals surface area contributed by atoms with E-state index in [1.54, 1.807) is 0 Å². The first kappa shape index (κ1) is 17.7. The van der Waals surface area contributed by atoms with Gasteiger partial charge in [0.2, 0.25) is 0 Å². The number of para-hydroxylation sites is 1. The van der Waals surface area contributed by atoms with Crippen molar-refractivity contribution in [3.63, 3.8) is 0 Å². The number of benzene rings is 2. The van der Waals surface area contributed by atoms with E-state index < -0.39 is 0 Å². The third-order valence-electron chi connectivity index (χ3n) is 4.32. The van der Waals surface area contributed by atoms with Crippen LogP contribution in [0, 0.1) is 0 Å². The van der Waals surface area contributed by atoms with E-state index in [2.05, 4.69) is 58.7 Å². The fourth-order valence-corrected chi connectivity index (χ4v) is 3.73. The van der Waals surface area contributed by atoms with Gasteiger partial charge in [-0.25, -0.2) is 4.79 Å². The van der Waals surface area contributed by atoms with Crippen LogP contribution in [-0.4, -0.2) is 49.4 Å². The van der Waals surface area contributed by atoms with Crippen LogP contribution >= 0.6 is 11.8 Å². The van der Waals surface area contributed by atoms with Gasteiger partial charge in [-0.05, 0) is 17.7 Å². The van der Waals surface area contributed by atoms with Crippen molar-refractivity contribution >= 4 is 23.5 Å². The van der Waals surface area contributed by atoms with Gasteiger partial charge in [0.05, 0.1) is 0 Å². The van der Waals surface area contributed by atoms with E-state index in [1.807, 2.05) is 28.8 Å². The number of carbonyl (C=O) groups excluding carboxylic acids is 1. The summed E-state index contributed by atoms with van der Waals surface area (Å²) in [5.74, 6) is 1.93. The number of amides is 2. The van der Waals surface area contributed by atoms with E-state index >= 15 is 0 Å². The van der Waals surface area contributed by atoms with Gasteiger partial charge in [-0.1, -0.05) is 48.5 Å². The quantitative estimate of drug-likeness (QED) is 0.806. The molecule has 0 spiro atoms. The number of anilines is 1. The summed E-state index contributed by atoms with van der Waals surface area (Å²) in [5, 5.41) is 3.04. The molecule has 0 unspecified atom stereocenters. The Balaban J connectivity index is 1.31. The molecule has 0 saturated carbocycles. The van der Waals surface area contributed by atoms with Crippen LogP contribution in [0.3, 0.4) is 0 Å². The van der Waals surface area contributed by atoms with Crippen LogP contribution in [0.25, 0.3) is 0 Å². The van der Waals surface area contributed by atoms with Crippen molar-refractivity contribution < 1.29 is 4.79 Å². The van der Waals surface area contributed by atoms with Crippen LogP contribution in [0.2, 0.25) is 0 Å². The first-order chi connectivity index (χ1) is 12.3. The minimum atomic E-state index is 0.0630. The zero-order valence-electron chi connectivity index (χ0n) is 14.4. The second-order valence-electron chi connectivity index (χ2n) is 6.08. The average Bonchev–Trinajstić information content (AvgIpc) is 2.69. The summed E-state index contributed by atoms with van der Waals surface area (Å²) in [6.07, 6.45) is 0. The number of carbonyl (C=O) groups is 1. The Morgan fingerprint density at radius 2 is 1.56 bits per heavy atom. The Morgan fingerprint density at radius 1 is 0.920 bits per heavy atom. The summed E-state index contributed by atoms with van der Waals surface area (Å²) in [4.78, 5) is 16.5. The minimum Gasteiger partial charge on any atom is -0.368 e. The fraction of sp³-hybridized carbons (Fsp3) is 0.350. The van der Waals surface area contributed by atoms with Gasteiger partial charge in [0.15, 0.2) is 0 Å². The highest BCUT2D eigenvalue weighted by molar-refractivity contribution is 7.98. The lowest BCUT2D eigenvalue weighted by Gasteiger charge is -2.36. The maximum Gasteiger partial charge on any atom is 0.317 e. The second-order valence-corrected chi connectivity index (χ2v) is 7.18. The number of nitrogens with one attached hydrogen (secondary N) is 1. The Labute approximate surface area is 154 Å². The number of rotatable bonds is 6. The molecule has 1 heterocycles. The standard InChI is InChI=1S/C20H25N3OS/c24-20(21-11-16-25-17-18-7-3-1-4-8-18)23-14-12-22(13-15-23)19-9-5-2-6-10-19/h1-10H,11-17H2,(H,21,24). The van der Waals surface area contributed by atoms with Gasteiger partial charge < -0.3 is 15.1 Å². The van der Waals surface area contributed by atoms with Crippen LogP contribution in [0.4, 0.5) is 10.5 Å². The van der Waals surface area contributed by atoms with Crippen molar-refractivity contribution in [2.24, 2.45) is 0 Å². The zero-order chi connectivity index (χ0) is 17.3. The molecule has 0 atom stereocenters. The van der Waals surface area contributed by atoms with Crippen molar-refractivity contribution in [3.8, 4) is 0 Å². The summed E-state index contributed by atoms with van der Waals surface area (Å²) >= 11 is 1.85. The predicted molar refractivity (Wildman–Crippen MR) is 106 cm³/mol. The van der Waals surface area contributed by atoms with Gasteiger partial charge in [-0.2, -0.15) is 11.8 Å². The van der Waals surface area contributed by atoms with E-state index in [4.69, 9.17) is 0 Å². The molecule has 2 aromatic rings. The number of thioether (sulfide) groups is 1. The first-order valence-corrected chi connectivity index (χ1v) is 9.93.